The number of nitrogens with zero attached hydrogens (tertiary/aromatic N) is 1. The largest absolute Gasteiger partial charge is 0.493 e. The first-order chi connectivity index (χ1) is 9.74. The lowest BCUT2D eigenvalue weighted by Gasteiger charge is -2.12. The Morgan fingerprint density at radius 1 is 1.20 bits per heavy atom. The first-order valence-corrected chi connectivity index (χ1v) is 6.65. The zero-order valence-corrected chi connectivity index (χ0v) is 11.9. The third-order valence-electron chi connectivity index (χ3n) is 3.14. The first kappa shape index (κ1) is 14.3. The average Bonchev–Trinajstić information content (AvgIpc) is 2.47. The Kier molecular flexibility index (Phi) is 4.96. The monoisotopic (exact) mass is 272 g/mol. The van der Waals surface area contributed by atoms with Gasteiger partial charge in [0.05, 0.1) is 12.8 Å². The Hall–Kier alpha value is -2.07. The summed E-state index contributed by atoms with van der Waals surface area (Å²) in [6.45, 7) is 3.07. The van der Waals surface area contributed by atoms with E-state index in [1.165, 1.54) is 0 Å². The standard InChI is InChI=1S/C16H20N2O2/c1-12-4-3-9-18-14(12)11-20-15-6-5-13(7-8-17)10-16(15)19-2/h3-6,9-10H,7-8,11,17H2,1-2H3. The quantitative estimate of drug-likeness (QED) is 0.877. The van der Waals surface area contributed by atoms with E-state index in [0.717, 1.165) is 34.7 Å². The van der Waals surface area contributed by atoms with Gasteiger partial charge in [-0.3, -0.25) is 4.98 Å². The van der Waals surface area contributed by atoms with Crippen LogP contribution in [0.25, 0.3) is 0 Å². The average molecular weight is 272 g/mol. The minimum absolute atomic E-state index is 0.430. The molecule has 0 saturated carbocycles. The lowest BCUT2D eigenvalue weighted by atomic mass is 10.1. The molecule has 4 nitrogen and oxygen atoms in total. The molecule has 0 aliphatic heterocycles. The molecular formula is C16H20N2O2. The highest BCUT2D eigenvalue weighted by Crippen LogP contribution is 2.29. The molecule has 0 spiro atoms. The van der Waals surface area contributed by atoms with E-state index < -0.39 is 0 Å². The Morgan fingerprint density at radius 2 is 2.05 bits per heavy atom. The van der Waals surface area contributed by atoms with Gasteiger partial charge in [0.1, 0.15) is 6.61 Å². The van der Waals surface area contributed by atoms with Crippen molar-refractivity contribution < 1.29 is 9.47 Å². The molecule has 0 bridgehead atoms. The summed E-state index contributed by atoms with van der Waals surface area (Å²) in [7, 11) is 1.64. The molecule has 0 unspecified atom stereocenters. The van der Waals surface area contributed by atoms with E-state index in [2.05, 4.69) is 4.98 Å². The molecule has 0 radical (unpaired) electrons. The van der Waals surface area contributed by atoms with Crippen molar-refractivity contribution in [1.29, 1.82) is 0 Å². The zero-order valence-electron chi connectivity index (χ0n) is 11.9. The number of ether oxygens (including phenoxy) is 2. The maximum absolute atomic E-state index is 5.81. The minimum atomic E-state index is 0.430. The lowest BCUT2D eigenvalue weighted by molar-refractivity contribution is 0.280. The van der Waals surface area contributed by atoms with Gasteiger partial charge >= 0.3 is 0 Å². The second-order valence-corrected chi connectivity index (χ2v) is 4.58. The van der Waals surface area contributed by atoms with E-state index >= 15 is 0 Å². The fourth-order valence-electron chi connectivity index (χ4n) is 1.97. The fourth-order valence-corrected chi connectivity index (χ4v) is 1.97. The van der Waals surface area contributed by atoms with E-state index in [9.17, 15) is 0 Å². The summed E-state index contributed by atoms with van der Waals surface area (Å²) in [6.07, 6.45) is 2.60. The maximum atomic E-state index is 5.81. The van der Waals surface area contributed by atoms with Crippen molar-refractivity contribution in [2.45, 2.75) is 20.0 Å². The lowest BCUT2D eigenvalue weighted by Crippen LogP contribution is -2.04. The SMILES string of the molecule is COc1cc(CCN)ccc1OCc1ncccc1C. The summed E-state index contributed by atoms with van der Waals surface area (Å²) in [5.74, 6) is 1.45. The highest BCUT2D eigenvalue weighted by Gasteiger charge is 2.07. The van der Waals surface area contributed by atoms with Crippen molar-refractivity contribution in [3.05, 3.63) is 53.3 Å². The van der Waals surface area contributed by atoms with Crippen molar-refractivity contribution in [3.63, 3.8) is 0 Å². The second kappa shape index (κ2) is 6.91. The molecule has 0 aliphatic rings. The second-order valence-electron chi connectivity index (χ2n) is 4.58. The Bertz CT molecular complexity index is 570. The number of benzene rings is 1. The van der Waals surface area contributed by atoms with Gasteiger partial charge in [0, 0.05) is 6.20 Å². The number of hydrogen-bond acceptors (Lipinski definition) is 4. The highest BCUT2D eigenvalue weighted by molar-refractivity contribution is 5.43. The van der Waals surface area contributed by atoms with Crippen molar-refractivity contribution in [1.82, 2.24) is 4.98 Å². The fraction of sp³-hybridized carbons (Fsp3) is 0.312. The highest BCUT2D eigenvalue weighted by atomic mass is 16.5. The van der Waals surface area contributed by atoms with Crippen LogP contribution in [-0.2, 0) is 13.0 Å². The number of hydrogen-bond donors (Lipinski definition) is 1. The molecule has 0 aliphatic carbocycles. The van der Waals surface area contributed by atoms with Crippen molar-refractivity contribution in [2.24, 2.45) is 5.73 Å². The molecule has 106 valence electrons. The summed E-state index contributed by atoms with van der Waals surface area (Å²) >= 11 is 0. The summed E-state index contributed by atoms with van der Waals surface area (Å²) in [5, 5.41) is 0. The third kappa shape index (κ3) is 3.48. The maximum Gasteiger partial charge on any atom is 0.161 e. The van der Waals surface area contributed by atoms with Crippen LogP contribution in [0.5, 0.6) is 11.5 Å². The van der Waals surface area contributed by atoms with Gasteiger partial charge in [0.25, 0.3) is 0 Å². The Morgan fingerprint density at radius 3 is 2.75 bits per heavy atom. The summed E-state index contributed by atoms with van der Waals surface area (Å²) in [5.41, 5.74) is 8.75. The van der Waals surface area contributed by atoms with Gasteiger partial charge in [-0.25, -0.2) is 0 Å². The molecule has 0 atom stereocenters. The molecule has 4 heteroatoms. The Balaban J connectivity index is 2.11. The van der Waals surface area contributed by atoms with Crippen LogP contribution in [0.3, 0.4) is 0 Å². The van der Waals surface area contributed by atoms with Crippen LogP contribution in [0.4, 0.5) is 0 Å². The Labute approximate surface area is 119 Å². The molecule has 20 heavy (non-hydrogen) atoms. The van der Waals surface area contributed by atoms with Gasteiger partial charge < -0.3 is 15.2 Å². The predicted octanol–water partition coefficient (Wildman–Crippen LogP) is 2.48. The van der Waals surface area contributed by atoms with E-state index in [4.69, 9.17) is 15.2 Å². The summed E-state index contributed by atoms with van der Waals surface area (Å²) in [4.78, 5) is 4.31. The minimum Gasteiger partial charge on any atom is -0.493 e. The third-order valence-corrected chi connectivity index (χ3v) is 3.14. The smallest absolute Gasteiger partial charge is 0.161 e. The van der Waals surface area contributed by atoms with Crippen LogP contribution in [0.1, 0.15) is 16.8 Å². The van der Waals surface area contributed by atoms with Crippen LogP contribution in [0, 0.1) is 6.92 Å². The molecule has 0 fully saturated rings. The van der Waals surface area contributed by atoms with Crippen molar-refractivity contribution in [3.8, 4) is 11.5 Å². The van der Waals surface area contributed by atoms with Crippen molar-refractivity contribution >= 4 is 0 Å². The summed E-state index contributed by atoms with van der Waals surface area (Å²) in [6, 6.07) is 9.83. The van der Waals surface area contributed by atoms with E-state index in [-0.39, 0.29) is 0 Å². The van der Waals surface area contributed by atoms with Gasteiger partial charge in [0.15, 0.2) is 11.5 Å². The number of rotatable bonds is 6. The van der Waals surface area contributed by atoms with E-state index in [1.807, 2.05) is 37.3 Å². The molecule has 1 aromatic carbocycles. The predicted molar refractivity (Wildman–Crippen MR) is 79.1 cm³/mol. The van der Waals surface area contributed by atoms with Gasteiger partial charge in [-0.2, -0.15) is 0 Å². The number of aromatic nitrogens is 1. The molecule has 2 rings (SSSR count). The van der Waals surface area contributed by atoms with Gasteiger partial charge in [-0.05, 0) is 49.2 Å². The number of methoxy groups -OCH3 is 1. The topological polar surface area (TPSA) is 57.4 Å². The molecule has 1 heterocycles. The van der Waals surface area contributed by atoms with Crippen LogP contribution < -0.4 is 15.2 Å². The van der Waals surface area contributed by atoms with Crippen molar-refractivity contribution in [2.75, 3.05) is 13.7 Å². The zero-order chi connectivity index (χ0) is 14.4. The number of nitrogens with two attached hydrogens (primary N) is 1. The molecular weight excluding hydrogens is 252 g/mol. The van der Waals surface area contributed by atoms with Crippen LogP contribution in [0.15, 0.2) is 36.5 Å². The van der Waals surface area contributed by atoms with Gasteiger partial charge in [-0.15, -0.1) is 0 Å². The van der Waals surface area contributed by atoms with Crippen LogP contribution in [0.2, 0.25) is 0 Å². The van der Waals surface area contributed by atoms with E-state index in [0.29, 0.717) is 13.2 Å². The van der Waals surface area contributed by atoms with Crippen LogP contribution in [-0.4, -0.2) is 18.6 Å². The van der Waals surface area contributed by atoms with Gasteiger partial charge in [0.2, 0.25) is 0 Å². The number of pyridine rings is 1. The number of aryl methyl sites for hydroxylation is 1. The van der Waals surface area contributed by atoms with Crippen LogP contribution >= 0.6 is 0 Å². The molecule has 2 N–H and O–H groups in total. The summed E-state index contributed by atoms with van der Waals surface area (Å²) < 4.78 is 11.2. The normalized spacial score (nSPS) is 10.3. The first-order valence-electron chi connectivity index (χ1n) is 6.65. The molecule has 2 aromatic rings. The van der Waals surface area contributed by atoms with E-state index in [1.54, 1.807) is 13.3 Å². The molecule has 1 aromatic heterocycles. The van der Waals surface area contributed by atoms with Gasteiger partial charge in [-0.1, -0.05) is 12.1 Å². The molecule has 0 amide bonds. The molecule has 0 saturated heterocycles.